The molecule has 2 aliphatic rings. The van der Waals surface area contributed by atoms with Crippen LogP contribution >= 0.6 is 0 Å². The van der Waals surface area contributed by atoms with Crippen LogP contribution in [0.25, 0.3) is 88.4 Å². The van der Waals surface area contributed by atoms with Crippen LogP contribution in [0.4, 0.5) is 0 Å². The number of rotatable bonds is 5. The highest BCUT2D eigenvalue weighted by Gasteiger charge is 2.23. The van der Waals surface area contributed by atoms with Crippen LogP contribution < -0.4 is 5.73 Å². The molecule has 0 fully saturated rings. The monoisotopic (exact) mass is 790 g/mol. The van der Waals surface area contributed by atoms with Crippen molar-refractivity contribution in [2.45, 2.75) is 26.2 Å². The first-order chi connectivity index (χ1) is 30.0. The fraction of sp³-hybridized carbons (Fsp3) is 0.0727. The zero-order chi connectivity index (χ0) is 41.9. The second-order valence-corrected chi connectivity index (χ2v) is 15.2. The summed E-state index contributed by atoms with van der Waals surface area (Å²) in [5.74, 6) is 0.898. The third-order valence-corrected chi connectivity index (χ3v) is 11.4. The Hall–Kier alpha value is -7.83. The average Bonchev–Trinajstić information content (AvgIpc) is 3.83. The Morgan fingerprint density at radius 3 is 2.28 bits per heavy atom. The molecule has 0 amide bonds. The van der Waals surface area contributed by atoms with Crippen LogP contribution in [0.2, 0.25) is 0 Å². The first-order valence-corrected chi connectivity index (χ1v) is 20.6. The van der Waals surface area contributed by atoms with E-state index in [2.05, 4.69) is 156 Å². The van der Waals surface area contributed by atoms with E-state index >= 15 is 0 Å². The van der Waals surface area contributed by atoms with Crippen molar-refractivity contribution >= 4 is 66.4 Å². The molecule has 4 aromatic heterocycles. The van der Waals surface area contributed by atoms with E-state index in [4.69, 9.17) is 21.1 Å². The van der Waals surface area contributed by atoms with Gasteiger partial charge in [-0.05, 0) is 145 Å². The Kier molecular flexibility index (Phi) is 10.7. The zero-order valence-corrected chi connectivity index (χ0v) is 34.2. The van der Waals surface area contributed by atoms with Gasteiger partial charge in [0.25, 0.3) is 0 Å². The maximum Gasteiger partial charge on any atom is 0.137 e. The lowest BCUT2D eigenvalue weighted by Crippen LogP contribution is -2.04. The molecule has 5 aromatic carbocycles. The fourth-order valence-corrected chi connectivity index (χ4v) is 8.53. The standard InChI is InChI=1S/C49H35N5.C4H6.C2H5N/c50-42(19-13-30-8-2-1-3-9-30)34-18-22-47-40(26-34)41-25-33-15-14-32-24-39-38-27-35(44-20-16-31-10-4-5-11-43(31)52-44)17-21-45(38)53-46(39)28-36(32)37(33)29-48(41)54(47)49-12-6-7-23-51-49;1-3-4-2;1-2-3/h1-8,10-13,16-29,53H,9,14-15,50H2;3-4H,1-2H2;2-3H,1H3/b30-13-,42-19-;;. The molecule has 0 atom stereocenters. The predicted molar refractivity (Wildman–Crippen MR) is 260 cm³/mol. The van der Waals surface area contributed by atoms with Crippen LogP contribution in [0.1, 0.15) is 30.0 Å². The number of nitrogens with two attached hydrogens (primary N) is 1. The number of fused-ring (bicyclic) bond motifs is 10. The Morgan fingerprint density at radius 1 is 0.754 bits per heavy atom. The molecule has 6 nitrogen and oxygen atoms in total. The number of pyridine rings is 2. The number of aromatic nitrogens is 4. The van der Waals surface area contributed by atoms with Crippen molar-refractivity contribution in [3.63, 3.8) is 0 Å². The van der Waals surface area contributed by atoms with E-state index in [9.17, 15) is 0 Å². The number of hydrogen-bond acceptors (Lipinski definition) is 4. The summed E-state index contributed by atoms with van der Waals surface area (Å²) in [6.45, 7) is 8.39. The molecular weight excluding hydrogens is 745 g/mol. The zero-order valence-electron chi connectivity index (χ0n) is 34.2. The van der Waals surface area contributed by atoms with Crippen LogP contribution in [-0.4, -0.2) is 25.7 Å². The normalized spacial score (nSPS) is 13.7. The van der Waals surface area contributed by atoms with Crippen molar-refractivity contribution in [1.29, 1.82) is 5.41 Å². The molecule has 11 rings (SSSR count). The lowest BCUT2D eigenvalue weighted by Gasteiger charge is -2.21. The summed E-state index contributed by atoms with van der Waals surface area (Å²) in [5, 5.41) is 12.1. The van der Waals surface area contributed by atoms with Gasteiger partial charge in [-0.1, -0.05) is 98.2 Å². The molecule has 2 aliphatic carbocycles. The van der Waals surface area contributed by atoms with Crippen LogP contribution in [0, 0.1) is 5.41 Å². The Bertz CT molecular complexity index is 3290. The molecule has 0 unspecified atom stereocenters. The van der Waals surface area contributed by atoms with E-state index in [-0.39, 0.29) is 0 Å². The molecule has 6 heteroatoms. The van der Waals surface area contributed by atoms with E-state index in [0.29, 0.717) is 0 Å². The van der Waals surface area contributed by atoms with E-state index in [1.54, 1.807) is 19.1 Å². The Labute approximate surface area is 355 Å². The lowest BCUT2D eigenvalue weighted by molar-refractivity contribution is 0.946. The third kappa shape index (κ3) is 7.40. The van der Waals surface area contributed by atoms with Gasteiger partial charge in [-0.25, -0.2) is 9.97 Å². The average molecular weight is 791 g/mol. The molecule has 0 saturated carbocycles. The molecule has 0 radical (unpaired) electrons. The summed E-state index contributed by atoms with van der Waals surface area (Å²) in [6, 6.07) is 41.5. The van der Waals surface area contributed by atoms with Gasteiger partial charge in [-0.3, -0.25) is 4.57 Å². The van der Waals surface area contributed by atoms with Gasteiger partial charge in [-0.15, -0.1) is 0 Å². The van der Waals surface area contributed by atoms with Crippen molar-refractivity contribution in [2.75, 3.05) is 0 Å². The second kappa shape index (κ2) is 16.8. The quantitative estimate of drug-likeness (QED) is 0.120. The minimum absolute atomic E-state index is 0.751. The highest BCUT2D eigenvalue weighted by molar-refractivity contribution is 6.13. The smallest absolute Gasteiger partial charge is 0.137 e. The predicted octanol–water partition coefficient (Wildman–Crippen LogP) is 13.6. The van der Waals surface area contributed by atoms with Crippen LogP contribution in [0.5, 0.6) is 0 Å². The molecule has 0 saturated heterocycles. The van der Waals surface area contributed by atoms with E-state index < -0.39 is 0 Å². The molecule has 4 N–H and O–H groups in total. The largest absolute Gasteiger partial charge is 0.398 e. The molecule has 296 valence electrons. The van der Waals surface area contributed by atoms with Gasteiger partial charge in [0.1, 0.15) is 5.82 Å². The summed E-state index contributed by atoms with van der Waals surface area (Å²) in [5.41, 5.74) is 22.7. The number of aromatic amines is 1. The molecule has 9 aromatic rings. The highest BCUT2D eigenvalue weighted by atomic mass is 15.1. The minimum Gasteiger partial charge on any atom is -0.398 e. The summed E-state index contributed by atoms with van der Waals surface area (Å²) in [4.78, 5) is 13.6. The maximum atomic E-state index is 6.71. The summed E-state index contributed by atoms with van der Waals surface area (Å²) < 4.78 is 2.30. The molecule has 61 heavy (non-hydrogen) atoms. The topological polar surface area (TPSA) is 96.4 Å². The number of hydrogen-bond donors (Lipinski definition) is 3. The second-order valence-electron chi connectivity index (χ2n) is 15.2. The van der Waals surface area contributed by atoms with Crippen LogP contribution in [0.15, 0.2) is 189 Å². The molecular formula is C55H46N6. The van der Waals surface area contributed by atoms with Crippen LogP contribution in [0.3, 0.4) is 0 Å². The number of nitrogens with zero attached hydrogens (tertiary/aromatic N) is 3. The third-order valence-electron chi connectivity index (χ3n) is 11.4. The molecule has 4 heterocycles. The van der Waals surface area contributed by atoms with E-state index in [1.165, 1.54) is 55.6 Å². The van der Waals surface area contributed by atoms with Gasteiger partial charge in [0.05, 0.1) is 22.2 Å². The number of benzene rings is 5. The first-order valence-electron chi connectivity index (χ1n) is 20.6. The van der Waals surface area contributed by atoms with E-state index in [1.807, 2.05) is 24.4 Å². The SMILES string of the molecule is C=CC=C.CC=N.N/C(=C\C=C1\C=CC=CC1)c1ccc2c(c1)c1cc3c(cc1n2-c1ccccn1)-c1cc2[nH]c4ccc(-c5ccc6ccccc6n5)cc4c2cc1CC3. The highest BCUT2D eigenvalue weighted by Crippen LogP contribution is 2.43. The number of allylic oxidation sites excluding steroid dienone is 9. The fourth-order valence-electron chi connectivity index (χ4n) is 8.53. The van der Waals surface area contributed by atoms with Crippen molar-refractivity contribution in [2.24, 2.45) is 5.73 Å². The number of H-pyrrole nitrogens is 1. The number of aryl methyl sites for hydroxylation is 2. The van der Waals surface area contributed by atoms with Gasteiger partial charge in [0.2, 0.25) is 0 Å². The number of para-hydroxylation sites is 1. The summed E-state index contributed by atoms with van der Waals surface area (Å²) in [6.07, 6.45) is 21.9. The molecule has 0 bridgehead atoms. The van der Waals surface area contributed by atoms with Gasteiger partial charge >= 0.3 is 0 Å². The number of nitrogens with one attached hydrogen (secondary N) is 2. The van der Waals surface area contributed by atoms with Gasteiger partial charge < -0.3 is 16.1 Å². The van der Waals surface area contributed by atoms with Gasteiger partial charge in [-0.2, -0.15) is 0 Å². The van der Waals surface area contributed by atoms with Gasteiger partial charge in [0, 0.05) is 55.4 Å². The van der Waals surface area contributed by atoms with Crippen molar-refractivity contribution in [3.8, 4) is 28.2 Å². The van der Waals surface area contributed by atoms with E-state index in [0.717, 1.165) is 80.6 Å². The lowest BCUT2D eigenvalue weighted by atomic mass is 9.84. The minimum atomic E-state index is 0.751. The van der Waals surface area contributed by atoms with Crippen molar-refractivity contribution in [3.05, 3.63) is 205 Å². The van der Waals surface area contributed by atoms with Crippen LogP contribution in [-0.2, 0) is 12.8 Å². The Morgan fingerprint density at radius 2 is 1.51 bits per heavy atom. The van der Waals surface area contributed by atoms with Crippen molar-refractivity contribution in [1.82, 2.24) is 19.5 Å². The first kappa shape index (κ1) is 38.7. The molecule has 0 spiro atoms. The van der Waals surface area contributed by atoms with Gasteiger partial charge in [0.15, 0.2) is 0 Å². The summed E-state index contributed by atoms with van der Waals surface area (Å²) in [7, 11) is 0. The maximum absolute atomic E-state index is 6.71. The Balaban J connectivity index is 0.000000637. The van der Waals surface area contributed by atoms with Crippen molar-refractivity contribution < 1.29 is 0 Å². The summed E-state index contributed by atoms with van der Waals surface area (Å²) >= 11 is 0. The molecule has 0 aliphatic heterocycles.